The van der Waals surface area contributed by atoms with E-state index in [4.69, 9.17) is 0 Å². The minimum atomic E-state index is -3.52. The van der Waals surface area contributed by atoms with E-state index in [2.05, 4.69) is 4.98 Å². The molecule has 9 heteroatoms. The van der Waals surface area contributed by atoms with Crippen molar-refractivity contribution in [2.75, 3.05) is 24.5 Å². The van der Waals surface area contributed by atoms with E-state index in [9.17, 15) is 13.2 Å². The first kappa shape index (κ1) is 22.1. The maximum atomic E-state index is 13.1. The fraction of sp³-hybridized carbons (Fsp3) is 0.364. The second kappa shape index (κ2) is 9.20. The second-order valence-corrected chi connectivity index (χ2v) is 11.1. The highest BCUT2D eigenvalue weighted by molar-refractivity contribution is 7.89. The lowest BCUT2D eigenvalue weighted by Gasteiger charge is -2.30. The third kappa shape index (κ3) is 4.45. The molecule has 3 heterocycles. The number of anilines is 1. The zero-order chi connectivity index (χ0) is 22.0. The summed E-state index contributed by atoms with van der Waals surface area (Å²) in [6.45, 7) is 5.17. The van der Waals surface area contributed by atoms with E-state index in [1.165, 1.54) is 4.31 Å². The topological polar surface area (TPSA) is 70.6 Å². The van der Waals surface area contributed by atoms with Crippen molar-refractivity contribution >= 4 is 44.3 Å². The largest absolute Gasteiger partial charge is 0.312 e. The molecule has 0 unspecified atom stereocenters. The maximum absolute atomic E-state index is 13.1. The Morgan fingerprint density at radius 1 is 1.19 bits per heavy atom. The standard InChI is InChI=1S/C22H25N3O3S3/c1-3-24(4-2)31(27,28)18-9-10-19-16(13-18)7-5-11-25(19)21(26)14-17-15-30-22(23-17)20-8-6-12-29-20/h6,8-10,12-13,15H,3-5,7,11,14H2,1-2H3. The average Bonchev–Trinajstić information content (AvgIpc) is 3.45. The molecular weight excluding hydrogens is 450 g/mol. The lowest BCUT2D eigenvalue weighted by molar-refractivity contribution is -0.118. The highest BCUT2D eigenvalue weighted by Crippen LogP contribution is 2.32. The molecule has 1 amide bonds. The van der Waals surface area contributed by atoms with Crippen LogP contribution in [0.15, 0.2) is 46.0 Å². The summed E-state index contributed by atoms with van der Waals surface area (Å²) >= 11 is 3.19. The van der Waals surface area contributed by atoms with Crippen molar-refractivity contribution < 1.29 is 13.2 Å². The first-order valence-electron chi connectivity index (χ1n) is 10.4. The van der Waals surface area contributed by atoms with Gasteiger partial charge in [0.05, 0.1) is 21.9 Å². The number of carbonyl (C=O) groups is 1. The van der Waals surface area contributed by atoms with E-state index in [0.717, 1.165) is 39.7 Å². The van der Waals surface area contributed by atoms with Gasteiger partial charge in [0.1, 0.15) is 5.01 Å². The molecule has 6 nitrogen and oxygen atoms in total. The second-order valence-electron chi connectivity index (χ2n) is 7.33. The Labute approximate surface area is 191 Å². The van der Waals surface area contributed by atoms with Crippen LogP contribution in [0.1, 0.15) is 31.5 Å². The number of benzene rings is 1. The van der Waals surface area contributed by atoms with E-state index < -0.39 is 10.0 Å². The van der Waals surface area contributed by atoms with Gasteiger partial charge in [0, 0.05) is 30.7 Å². The average molecular weight is 476 g/mol. The Morgan fingerprint density at radius 2 is 2.00 bits per heavy atom. The van der Waals surface area contributed by atoms with Gasteiger partial charge in [-0.1, -0.05) is 19.9 Å². The SMILES string of the molecule is CCN(CC)S(=O)(=O)c1ccc2c(c1)CCCN2C(=O)Cc1csc(-c2cccs2)n1. The van der Waals surface area contributed by atoms with Crippen LogP contribution in [0.2, 0.25) is 0 Å². The normalized spacial score (nSPS) is 14.1. The number of rotatable bonds is 7. The number of aryl methyl sites for hydroxylation is 1. The van der Waals surface area contributed by atoms with Gasteiger partial charge < -0.3 is 4.90 Å². The van der Waals surface area contributed by atoms with Gasteiger partial charge in [-0.05, 0) is 48.1 Å². The fourth-order valence-electron chi connectivity index (χ4n) is 3.86. The van der Waals surface area contributed by atoms with Crippen molar-refractivity contribution in [3.05, 3.63) is 52.3 Å². The third-order valence-electron chi connectivity index (χ3n) is 5.43. The van der Waals surface area contributed by atoms with E-state index in [0.29, 0.717) is 24.5 Å². The van der Waals surface area contributed by atoms with E-state index >= 15 is 0 Å². The number of fused-ring (bicyclic) bond motifs is 1. The van der Waals surface area contributed by atoms with Gasteiger partial charge in [-0.2, -0.15) is 4.31 Å². The maximum Gasteiger partial charge on any atom is 0.243 e. The van der Waals surface area contributed by atoms with E-state index in [1.807, 2.05) is 36.7 Å². The Balaban J connectivity index is 1.55. The molecule has 0 saturated heterocycles. The first-order valence-corrected chi connectivity index (χ1v) is 13.6. The number of hydrogen-bond donors (Lipinski definition) is 0. The number of thiophene rings is 1. The van der Waals surface area contributed by atoms with Gasteiger partial charge in [0.15, 0.2) is 0 Å². The number of aromatic nitrogens is 1. The molecule has 1 aliphatic rings. The van der Waals surface area contributed by atoms with Crippen molar-refractivity contribution in [1.29, 1.82) is 0 Å². The summed E-state index contributed by atoms with van der Waals surface area (Å²) in [6, 6.07) is 9.16. The molecule has 0 radical (unpaired) electrons. The van der Waals surface area contributed by atoms with Crippen LogP contribution in [0.3, 0.4) is 0 Å². The summed E-state index contributed by atoms with van der Waals surface area (Å²) in [5, 5.41) is 4.89. The van der Waals surface area contributed by atoms with E-state index in [-0.39, 0.29) is 12.3 Å². The van der Waals surface area contributed by atoms with Crippen LogP contribution in [0.4, 0.5) is 5.69 Å². The Bertz CT molecular complexity index is 1170. The molecule has 1 aliphatic heterocycles. The van der Waals surface area contributed by atoms with Gasteiger partial charge in [0.2, 0.25) is 15.9 Å². The van der Waals surface area contributed by atoms with Crippen LogP contribution in [0.5, 0.6) is 0 Å². The fourth-order valence-corrected chi connectivity index (χ4v) is 7.00. The molecule has 3 aromatic rings. The zero-order valence-electron chi connectivity index (χ0n) is 17.6. The molecule has 0 N–H and O–H groups in total. The molecule has 2 aromatic heterocycles. The molecule has 0 saturated carbocycles. The molecule has 0 atom stereocenters. The molecular formula is C22H25N3O3S3. The summed E-state index contributed by atoms with van der Waals surface area (Å²) in [6.07, 6.45) is 1.81. The summed E-state index contributed by atoms with van der Waals surface area (Å²) in [7, 11) is -3.52. The van der Waals surface area contributed by atoms with Crippen LogP contribution < -0.4 is 4.90 Å². The van der Waals surface area contributed by atoms with Gasteiger partial charge in [0.25, 0.3) is 0 Å². The van der Waals surface area contributed by atoms with E-state index in [1.54, 1.807) is 45.8 Å². The number of sulfonamides is 1. The minimum Gasteiger partial charge on any atom is -0.312 e. The lowest BCUT2D eigenvalue weighted by atomic mass is 10.0. The van der Waals surface area contributed by atoms with Gasteiger partial charge in [-0.25, -0.2) is 13.4 Å². The number of hydrogen-bond acceptors (Lipinski definition) is 6. The quantitative estimate of drug-likeness (QED) is 0.507. The van der Waals surface area contributed by atoms with Gasteiger partial charge in [-0.15, -0.1) is 22.7 Å². The number of nitrogens with zero attached hydrogens (tertiary/aromatic N) is 3. The molecule has 164 valence electrons. The molecule has 0 fully saturated rings. The van der Waals surface area contributed by atoms with Crippen LogP contribution >= 0.6 is 22.7 Å². The number of thiazole rings is 1. The minimum absolute atomic E-state index is 0.0108. The number of carbonyl (C=O) groups excluding carboxylic acids is 1. The Morgan fingerprint density at radius 3 is 2.71 bits per heavy atom. The molecule has 31 heavy (non-hydrogen) atoms. The smallest absolute Gasteiger partial charge is 0.243 e. The van der Waals surface area contributed by atoms with Crippen molar-refractivity contribution in [1.82, 2.24) is 9.29 Å². The van der Waals surface area contributed by atoms with Crippen LogP contribution in [-0.2, 0) is 27.7 Å². The Hall–Kier alpha value is -2.07. The molecule has 0 spiro atoms. The lowest BCUT2D eigenvalue weighted by Crippen LogP contribution is -2.37. The predicted molar refractivity (Wildman–Crippen MR) is 126 cm³/mol. The highest BCUT2D eigenvalue weighted by atomic mass is 32.2. The van der Waals surface area contributed by atoms with Crippen molar-refractivity contribution in [2.24, 2.45) is 0 Å². The van der Waals surface area contributed by atoms with Crippen molar-refractivity contribution in [3.8, 4) is 9.88 Å². The van der Waals surface area contributed by atoms with Crippen molar-refractivity contribution in [3.63, 3.8) is 0 Å². The predicted octanol–water partition coefficient (Wildman–Crippen LogP) is 4.42. The van der Waals surface area contributed by atoms with Crippen LogP contribution in [0, 0.1) is 0 Å². The molecule has 1 aromatic carbocycles. The summed E-state index contributed by atoms with van der Waals surface area (Å²) < 4.78 is 27.2. The summed E-state index contributed by atoms with van der Waals surface area (Å²) in [4.78, 5) is 20.9. The van der Waals surface area contributed by atoms with Crippen LogP contribution in [0.25, 0.3) is 9.88 Å². The zero-order valence-corrected chi connectivity index (χ0v) is 20.0. The monoisotopic (exact) mass is 475 g/mol. The van der Waals surface area contributed by atoms with Gasteiger partial charge in [-0.3, -0.25) is 4.79 Å². The van der Waals surface area contributed by atoms with Crippen molar-refractivity contribution in [2.45, 2.75) is 38.0 Å². The summed E-state index contributed by atoms with van der Waals surface area (Å²) in [5.41, 5.74) is 2.49. The highest BCUT2D eigenvalue weighted by Gasteiger charge is 2.27. The molecule has 4 rings (SSSR count). The summed E-state index contributed by atoms with van der Waals surface area (Å²) in [5.74, 6) is -0.0108. The third-order valence-corrected chi connectivity index (χ3v) is 9.41. The molecule has 0 aliphatic carbocycles. The number of amides is 1. The van der Waals surface area contributed by atoms with Gasteiger partial charge >= 0.3 is 0 Å². The van der Waals surface area contributed by atoms with Crippen LogP contribution in [-0.4, -0.2) is 43.2 Å². The molecule has 0 bridgehead atoms. The first-order chi connectivity index (χ1) is 14.9. The Kier molecular flexibility index (Phi) is 6.57.